The summed E-state index contributed by atoms with van der Waals surface area (Å²) in [6.07, 6.45) is -0.0224. The largest absolute Gasteiger partial charge is 0.436 e. The molecule has 6 nitrogen and oxygen atoms in total. The van der Waals surface area contributed by atoms with Gasteiger partial charge in [0.1, 0.15) is 0 Å². The van der Waals surface area contributed by atoms with Gasteiger partial charge >= 0.3 is 11.9 Å². The Morgan fingerprint density at radius 2 is 1.95 bits per heavy atom. The summed E-state index contributed by atoms with van der Waals surface area (Å²) in [4.78, 5) is 28.2. The second kappa shape index (κ2) is 4.57. The van der Waals surface area contributed by atoms with Gasteiger partial charge in [-0.05, 0) is 13.3 Å². The summed E-state index contributed by atoms with van der Waals surface area (Å²) in [6, 6.07) is 8.75. The lowest BCUT2D eigenvalue weighted by Crippen LogP contribution is -2.63. The van der Waals surface area contributed by atoms with Crippen molar-refractivity contribution in [3.8, 4) is 0 Å². The van der Waals surface area contributed by atoms with E-state index in [4.69, 9.17) is 9.57 Å². The normalized spacial score (nSPS) is 34.1. The zero-order chi connectivity index (χ0) is 14.3. The van der Waals surface area contributed by atoms with E-state index in [1.807, 2.05) is 13.0 Å². The van der Waals surface area contributed by atoms with E-state index >= 15 is 0 Å². The van der Waals surface area contributed by atoms with Crippen LogP contribution in [0.25, 0.3) is 0 Å². The highest BCUT2D eigenvalue weighted by atomic mass is 16.8. The van der Waals surface area contributed by atoms with Gasteiger partial charge in [0.2, 0.25) is 5.72 Å². The number of hydrogen-bond donors (Lipinski definition) is 1. The molecule has 0 amide bonds. The maximum atomic E-state index is 11.6. The fourth-order valence-corrected chi connectivity index (χ4v) is 2.91. The van der Waals surface area contributed by atoms with Crippen LogP contribution in [-0.2, 0) is 24.9 Å². The molecular weight excluding hydrogens is 262 g/mol. The van der Waals surface area contributed by atoms with E-state index in [2.05, 4.69) is 0 Å². The van der Waals surface area contributed by atoms with E-state index in [-0.39, 0.29) is 12.5 Å². The highest BCUT2D eigenvalue weighted by Crippen LogP contribution is 2.43. The highest BCUT2D eigenvalue weighted by molar-refractivity contribution is 6.30. The third-order valence-corrected chi connectivity index (χ3v) is 3.72. The van der Waals surface area contributed by atoms with Gasteiger partial charge in [0.25, 0.3) is 0 Å². The van der Waals surface area contributed by atoms with Crippen LogP contribution in [-0.4, -0.2) is 34.3 Å². The Hall–Kier alpha value is -1.92. The van der Waals surface area contributed by atoms with E-state index in [0.717, 1.165) is 0 Å². The Morgan fingerprint density at radius 1 is 1.25 bits per heavy atom. The van der Waals surface area contributed by atoms with Crippen LogP contribution in [0.3, 0.4) is 0 Å². The average molecular weight is 277 g/mol. The SMILES string of the molecule is CC1CC(O)CC2(c3ccccc3)OC(=O)C(=O)ON12. The Morgan fingerprint density at radius 3 is 2.65 bits per heavy atom. The van der Waals surface area contributed by atoms with E-state index < -0.39 is 23.8 Å². The molecule has 1 N–H and O–H groups in total. The van der Waals surface area contributed by atoms with Gasteiger partial charge in [-0.3, -0.25) is 0 Å². The first kappa shape index (κ1) is 13.1. The number of benzene rings is 1. The number of piperidine rings is 1. The number of ether oxygens (including phenoxy) is 1. The van der Waals surface area contributed by atoms with Crippen molar-refractivity contribution in [2.45, 2.75) is 37.6 Å². The molecule has 0 spiro atoms. The van der Waals surface area contributed by atoms with Crippen LogP contribution in [0.4, 0.5) is 0 Å². The number of hydroxylamine groups is 2. The minimum absolute atomic E-state index is 0.167. The number of aliphatic hydroxyl groups is 1. The topological polar surface area (TPSA) is 76.1 Å². The molecule has 1 aromatic carbocycles. The first-order valence-electron chi connectivity index (χ1n) is 6.51. The van der Waals surface area contributed by atoms with Crippen molar-refractivity contribution >= 4 is 11.9 Å². The molecule has 3 atom stereocenters. The number of hydrogen-bond acceptors (Lipinski definition) is 6. The summed E-state index contributed by atoms with van der Waals surface area (Å²) in [6.45, 7) is 1.81. The minimum atomic E-state index is -1.25. The summed E-state index contributed by atoms with van der Waals surface area (Å²) in [5.74, 6) is -2.06. The molecule has 0 saturated carbocycles. The molecule has 0 bridgehead atoms. The second-order valence-electron chi connectivity index (χ2n) is 5.19. The van der Waals surface area contributed by atoms with Crippen LogP contribution >= 0.6 is 0 Å². The Labute approximate surface area is 115 Å². The van der Waals surface area contributed by atoms with E-state index in [0.29, 0.717) is 12.0 Å². The zero-order valence-corrected chi connectivity index (χ0v) is 11.0. The van der Waals surface area contributed by atoms with Gasteiger partial charge in [0.05, 0.1) is 12.1 Å². The molecule has 2 heterocycles. The third-order valence-electron chi connectivity index (χ3n) is 3.72. The van der Waals surface area contributed by atoms with Gasteiger partial charge in [0.15, 0.2) is 0 Å². The number of aliphatic hydroxyl groups excluding tert-OH is 1. The molecule has 2 aliphatic rings. The smallest absolute Gasteiger partial charge is 0.428 e. The van der Waals surface area contributed by atoms with Crippen molar-refractivity contribution in [1.29, 1.82) is 0 Å². The maximum Gasteiger partial charge on any atom is 0.436 e. The summed E-state index contributed by atoms with van der Waals surface area (Å²) in [5.41, 5.74) is -0.574. The quantitative estimate of drug-likeness (QED) is 0.601. The molecule has 106 valence electrons. The highest BCUT2D eigenvalue weighted by Gasteiger charge is 2.56. The molecule has 6 heteroatoms. The van der Waals surface area contributed by atoms with Crippen LogP contribution in [0.2, 0.25) is 0 Å². The van der Waals surface area contributed by atoms with E-state index in [1.165, 1.54) is 5.06 Å². The van der Waals surface area contributed by atoms with Gasteiger partial charge in [0, 0.05) is 12.0 Å². The molecule has 0 radical (unpaired) electrons. The summed E-state index contributed by atoms with van der Waals surface area (Å²) >= 11 is 0. The standard InChI is InChI=1S/C14H15NO5/c1-9-7-11(16)8-14(10-5-3-2-4-6-10)15(9)20-13(18)12(17)19-14/h2-6,9,11,16H,7-8H2,1H3. The summed E-state index contributed by atoms with van der Waals surface area (Å²) < 4.78 is 5.37. The number of fused-ring (bicyclic) bond motifs is 1. The number of rotatable bonds is 1. The average Bonchev–Trinajstić information content (AvgIpc) is 2.42. The fourth-order valence-electron chi connectivity index (χ4n) is 2.91. The lowest BCUT2D eigenvalue weighted by Gasteiger charge is -2.50. The zero-order valence-electron chi connectivity index (χ0n) is 11.0. The van der Waals surface area contributed by atoms with Crippen LogP contribution in [0.15, 0.2) is 30.3 Å². The van der Waals surface area contributed by atoms with Gasteiger partial charge in [-0.2, -0.15) is 0 Å². The second-order valence-corrected chi connectivity index (χ2v) is 5.19. The Balaban J connectivity index is 2.09. The van der Waals surface area contributed by atoms with Crippen LogP contribution < -0.4 is 0 Å². The fraction of sp³-hybridized carbons (Fsp3) is 0.429. The Kier molecular flexibility index (Phi) is 2.99. The third kappa shape index (κ3) is 1.88. The molecule has 1 aromatic rings. The van der Waals surface area contributed by atoms with E-state index in [9.17, 15) is 14.7 Å². The Bertz CT molecular complexity index is 546. The van der Waals surface area contributed by atoms with Crippen molar-refractivity contribution in [2.24, 2.45) is 0 Å². The molecule has 0 aromatic heterocycles. The summed E-state index contributed by atoms with van der Waals surface area (Å²) in [7, 11) is 0. The summed E-state index contributed by atoms with van der Waals surface area (Å²) in [5, 5.41) is 11.4. The number of carbonyl (C=O) groups is 2. The van der Waals surface area contributed by atoms with Crippen molar-refractivity contribution in [3.63, 3.8) is 0 Å². The number of carbonyl (C=O) groups excluding carboxylic acids is 2. The predicted octanol–water partition coefficient (Wildman–Crippen LogP) is 0.700. The van der Waals surface area contributed by atoms with Crippen molar-refractivity contribution in [1.82, 2.24) is 5.06 Å². The molecule has 20 heavy (non-hydrogen) atoms. The first-order valence-corrected chi connectivity index (χ1v) is 6.51. The molecular formula is C14H15NO5. The van der Waals surface area contributed by atoms with Crippen molar-refractivity contribution in [3.05, 3.63) is 35.9 Å². The van der Waals surface area contributed by atoms with Crippen LogP contribution in [0.5, 0.6) is 0 Å². The van der Waals surface area contributed by atoms with Gasteiger partial charge in [-0.1, -0.05) is 35.4 Å². The van der Waals surface area contributed by atoms with Gasteiger partial charge < -0.3 is 14.7 Å². The van der Waals surface area contributed by atoms with Crippen molar-refractivity contribution in [2.75, 3.05) is 0 Å². The molecule has 2 aliphatic heterocycles. The van der Waals surface area contributed by atoms with E-state index in [1.54, 1.807) is 24.3 Å². The molecule has 2 saturated heterocycles. The predicted molar refractivity (Wildman–Crippen MR) is 66.8 cm³/mol. The van der Waals surface area contributed by atoms with Crippen LogP contribution in [0, 0.1) is 0 Å². The van der Waals surface area contributed by atoms with Gasteiger partial charge in [-0.15, -0.1) is 0 Å². The number of nitrogens with zero attached hydrogens (tertiary/aromatic N) is 1. The minimum Gasteiger partial charge on any atom is -0.428 e. The van der Waals surface area contributed by atoms with Crippen LogP contribution in [0.1, 0.15) is 25.3 Å². The molecule has 3 unspecified atom stereocenters. The molecule has 3 rings (SSSR count). The lowest BCUT2D eigenvalue weighted by molar-refractivity contribution is -0.346. The maximum absolute atomic E-state index is 11.6. The van der Waals surface area contributed by atoms with Crippen molar-refractivity contribution < 1.29 is 24.3 Å². The molecule has 0 aliphatic carbocycles. The molecule has 2 fully saturated rings. The number of esters is 1. The monoisotopic (exact) mass is 277 g/mol. The van der Waals surface area contributed by atoms with Gasteiger partial charge in [-0.25, -0.2) is 9.59 Å². The lowest BCUT2D eigenvalue weighted by atomic mass is 9.87. The first-order chi connectivity index (χ1) is 9.53.